The van der Waals surface area contributed by atoms with Gasteiger partial charge in [0.15, 0.2) is 0 Å². The molecular formula is C41H44Si. The first-order valence-electron chi connectivity index (χ1n) is 16.1. The molecule has 4 aromatic rings. The Labute approximate surface area is 254 Å². The van der Waals surface area contributed by atoms with Crippen LogP contribution in [0.1, 0.15) is 76.6 Å². The molecule has 0 bridgehead atoms. The van der Waals surface area contributed by atoms with Crippen molar-refractivity contribution in [2.75, 3.05) is 0 Å². The lowest BCUT2D eigenvalue weighted by Gasteiger charge is -2.41. The third-order valence-corrected chi connectivity index (χ3v) is 16.1. The highest BCUT2D eigenvalue weighted by Gasteiger charge is 2.46. The Bertz CT molecular complexity index is 1600. The molecule has 0 spiro atoms. The Balaban J connectivity index is 1.35. The molecule has 42 heavy (non-hydrogen) atoms. The Hall–Kier alpha value is -3.42. The highest BCUT2D eigenvalue weighted by atomic mass is 28.3. The molecule has 0 saturated heterocycles. The number of allylic oxidation sites excluding steroid dienone is 2. The average Bonchev–Trinajstić information content (AvgIpc) is 3.61. The lowest BCUT2D eigenvalue weighted by atomic mass is 9.95. The van der Waals surface area contributed by atoms with Crippen LogP contribution in [0.4, 0.5) is 0 Å². The number of aryl methyl sites for hydroxylation is 4. The molecule has 0 aliphatic heterocycles. The molecule has 0 unspecified atom stereocenters. The largest absolute Gasteiger partial charge is 0.109 e. The summed E-state index contributed by atoms with van der Waals surface area (Å²) in [5.74, 6) is 0. The van der Waals surface area contributed by atoms with Crippen LogP contribution in [0.3, 0.4) is 0 Å². The molecule has 0 nitrogen and oxygen atoms in total. The minimum Gasteiger partial charge on any atom is -0.0709 e. The second-order valence-electron chi connectivity index (χ2n) is 13.7. The first-order chi connectivity index (χ1) is 20.3. The van der Waals surface area contributed by atoms with Gasteiger partial charge < -0.3 is 0 Å². The Morgan fingerprint density at radius 1 is 0.548 bits per heavy atom. The smallest absolute Gasteiger partial charge is 0.0709 e. The Morgan fingerprint density at radius 2 is 0.976 bits per heavy atom. The minimum absolute atomic E-state index is 0.835. The number of fused-ring (bicyclic) bond motifs is 2. The summed E-state index contributed by atoms with van der Waals surface area (Å²) >= 11 is 0. The van der Waals surface area contributed by atoms with Gasteiger partial charge in [-0.3, -0.25) is 0 Å². The van der Waals surface area contributed by atoms with E-state index < -0.39 is 8.07 Å². The number of benzene rings is 4. The summed E-state index contributed by atoms with van der Waals surface area (Å²) in [6, 6.07) is 28.2. The van der Waals surface area contributed by atoms with Crippen molar-refractivity contribution >= 4 is 20.2 Å². The summed E-state index contributed by atoms with van der Waals surface area (Å²) in [5, 5.41) is 3.54. The maximum absolute atomic E-state index is 2.76. The summed E-state index contributed by atoms with van der Waals surface area (Å²) in [6.07, 6.45) is 14.6. The zero-order valence-electron chi connectivity index (χ0n) is 26.1. The molecule has 1 fully saturated rings. The average molecular weight is 565 g/mol. The molecule has 1 saturated carbocycles. The van der Waals surface area contributed by atoms with Crippen LogP contribution in [0.2, 0.25) is 12.1 Å². The van der Waals surface area contributed by atoms with Crippen molar-refractivity contribution < 1.29 is 0 Å². The van der Waals surface area contributed by atoms with Crippen molar-refractivity contribution in [3.63, 3.8) is 0 Å². The third-order valence-electron chi connectivity index (χ3n) is 10.6. The fraction of sp³-hybridized carbons (Fsp3) is 0.317. The van der Waals surface area contributed by atoms with E-state index in [9.17, 15) is 0 Å². The predicted octanol–water partition coefficient (Wildman–Crippen LogP) is 11.3. The molecule has 0 radical (unpaired) electrons. The summed E-state index contributed by atoms with van der Waals surface area (Å²) in [5.41, 5.74) is 17.8. The van der Waals surface area contributed by atoms with Gasteiger partial charge in [0, 0.05) is 0 Å². The van der Waals surface area contributed by atoms with E-state index >= 15 is 0 Å². The molecule has 0 atom stereocenters. The zero-order chi connectivity index (χ0) is 29.0. The van der Waals surface area contributed by atoms with Crippen LogP contribution < -0.4 is 0 Å². The van der Waals surface area contributed by atoms with Crippen LogP contribution in [-0.4, -0.2) is 8.07 Å². The fourth-order valence-corrected chi connectivity index (χ4v) is 13.6. The van der Waals surface area contributed by atoms with Gasteiger partial charge in [-0.15, -0.1) is 0 Å². The van der Waals surface area contributed by atoms with Gasteiger partial charge in [-0.05, 0) is 90.6 Å². The van der Waals surface area contributed by atoms with E-state index in [0.717, 1.165) is 18.4 Å². The lowest BCUT2D eigenvalue weighted by molar-refractivity contribution is 0.493. The SMILES string of the molecule is Cc1cc(C)cc(-c2cccc3c2C=C([Si](C)(C2=Cc4c(cccc4-c4cc(C)cc(C)c4)C2)C2CCCCC2)C3)c1. The summed E-state index contributed by atoms with van der Waals surface area (Å²) in [4.78, 5) is 0. The molecule has 0 N–H and O–H groups in total. The van der Waals surface area contributed by atoms with Gasteiger partial charge in [-0.2, -0.15) is 0 Å². The van der Waals surface area contributed by atoms with Crippen LogP contribution in [0, 0.1) is 27.7 Å². The van der Waals surface area contributed by atoms with Crippen molar-refractivity contribution in [1.82, 2.24) is 0 Å². The van der Waals surface area contributed by atoms with E-state index in [0.29, 0.717) is 0 Å². The molecule has 212 valence electrons. The number of rotatable bonds is 5. The first-order valence-corrected chi connectivity index (χ1v) is 18.7. The standard InChI is InChI=1S/C41H44Si/c1-27-17-28(2)20-33(19-27)38-15-9-11-31-23-36(25-40(31)38)42(5,35-13-7-6-8-14-35)37-24-32-12-10-16-39(41(32)26-37)34-21-29(3)18-30(4)22-34/h9-12,15-22,25-26,35H,6-8,13-14,23-24H2,1-5H3. The topological polar surface area (TPSA) is 0 Å². The fourth-order valence-electron chi connectivity index (χ4n) is 8.58. The maximum Gasteiger partial charge on any atom is 0.109 e. The highest BCUT2D eigenvalue weighted by Crippen LogP contribution is 2.51. The molecule has 3 aliphatic carbocycles. The van der Waals surface area contributed by atoms with E-state index in [1.54, 1.807) is 10.4 Å². The second-order valence-corrected chi connectivity index (χ2v) is 18.2. The van der Waals surface area contributed by atoms with Gasteiger partial charge in [-0.25, -0.2) is 0 Å². The maximum atomic E-state index is 2.76. The molecular weight excluding hydrogens is 521 g/mol. The Morgan fingerprint density at radius 3 is 1.40 bits per heavy atom. The number of hydrogen-bond donors (Lipinski definition) is 0. The van der Waals surface area contributed by atoms with Gasteiger partial charge in [0.2, 0.25) is 0 Å². The minimum atomic E-state index is -1.95. The Kier molecular flexibility index (Phi) is 6.98. The van der Waals surface area contributed by atoms with Gasteiger partial charge >= 0.3 is 0 Å². The van der Waals surface area contributed by atoms with E-state index in [4.69, 9.17) is 0 Å². The zero-order valence-corrected chi connectivity index (χ0v) is 27.1. The van der Waals surface area contributed by atoms with Crippen LogP contribution in [0.5, 0.6) is 0 Å². The molecule has 4 aromatic carbocycles. The first kappa shape index (κ1) is 27.4. The highest BCUT2D eigenvalue weighted by molar-refractivity contribution is 6.94. The quantitative estimate of drug-likeness (QED) is 0.211. The van der Waals surface area contributed by atoms with Crippen LogP contribution in [0.15, 0.2) is 83.2 Å². The molecule has 1 heteroatoms. The molecule has 0 aromatic heterocycles. The second kappa shape index (κ2) is 10.7. The van der Waals surface area contributed by atoms with Gasteiger partial charge in [-0.1, -0.05) is 156 Å². The molecule has 3 aliphatic rings. The third kappa shape index (κ3) is 4.76. The van der Waals surface area contributed by atoms with E-state index in [-0.39, 0.29) is 0 Å². The van der Waals surface area contributed by atoms with E-state index in [1.165, 1.54) is 98.9 Å². The van der Waals surface area contributed by atoms with Crippen molar-refractivity contribution in [2.24, 2.45) is 0 Å². The van der Waals surface area contributed by atoms with Gasteiger partial charge in [0.25, 0.3) is 0 Å². The summed E-state index contributed by atoms with van der Waals surface area (Å²) in [6.45, 7) is 11.7. The monoisotopic (exact) mass is 564 g/mol. The summed E-state index contributed by atoms with van der Waals surface area (Å²) in [7, 11) is -1.95. The normalized spacial score (nSPS) is 16.7. The predicted molar refractivity (Wildman–Crippen MR) is 185 cm³/mol. The van der Waals surface area contributed by atoms with Crippen molar-refractivity contribution in [1.29, 1.82) is 0 Å². The number of hydrogen-bond acceptors (Lipinski definition) is 0. The van der Waals surface area contributed by atoms with Crippen LogP contribution in [0.25, 0.3) is 34.4 Å². The van der Waals surface area contributed by atoms with Crippen LogP contribution >= 0.6 is 0 Å². The van der Waals surface area contributed by atoms with Crippen LogP contribution in [-0.2, 0) is 12.8 Å². The lowest BCUT2D eigenvalue weighted by Crippen LogP contribution is -2.43. The van der Waals surface area contributed by atoms with Crippen molar-refractivity contribution in [2.45, 2.75) is 84.7 Å². The summed E-state index contributed by atoms with van der Waals surface area (Å²) < 4.78 is 0. The van der Waals surface area contributed by atoms with E-state index in [1.807, 2.05) is 0 Å². The van der Waals surface area contributed by atoms with Crippen molar-refractivity contribution in [3.05, 3.63) is 128 Å². The molecule has 0 amide bonds. The van der Waals surface area contributed by atoms with Crippen molar-refractivity contribution in [3.8, 4) is 22.3 Å². The van der Waals surface area contributed by atoms with Gasteiger partial charge in [0.1, 0.15) is 8.07 Å². The van der Waals surface area contributed by atoms with E-state index in [2.05, 4.69) is 119 Å². The van der Waals surface area contributed by atoms with Gasteiger partial charge in [0.05, 0.1) is 0 Å². The molecule has 7 rings (SSSR count). The molecule has 0 heterocycles.